The van der Waals surface area contributed by atoms with Crippen LogP contribution in [0.25, 0.3) is 0 Å². The van der Waals surface area contributed by atoms with Crippen LogP contribution in [-0.2, 0) is 4.79 Å². The average molecular weight is 259 g/mol. The number of hydrogen-bond acceptors (Lipinski definition) is 3. The molecule has 0 spiro atoms. The van der Waals surface area contributed by atoms with Gasteiger partial charge in [-0.3, -0.25) is 25.4 Å². The van der Waals surface area contributed by atoms with Crippen molar-refractivity contribution in [2.75, 3.05) is 0 Å². The Morgan fingerprint density at radius 3 is 2.53 bits per heavy atom. The van der Waals surface area contributed by atoms with Crippen molar-refractivity contribution in [2.45, 2.75) is 25.7 Å². The Labute approximate surface area is 111 Å². The van der Waals surface area contributed by atoms with Gasteiger partial charge in [0, 0.05) is 23.9 Å². The fraction of sp³-hybridized carbons (Fsp3) is 0.500. The predicted molar refractivity (Wildman–Crippen MR) is 68.8 cm³/mol. The van der Waals surface area contributed by atoms with E-state index in [4.69, 9.17) is 0 Å². The summed E-state index contributed by atoms with van der Waals surface area (Å²) in [5.74, 6) is 0.962. The minimum Gasteiger partial charge on any atom is -0.273 e. The van der Waals surface area contributed by atoms with Crippen molar-refractivity contribution in [3.05, 3.63) is 30.1 Å². The van der Waals surface area contributed by atoms with Gasteiger partial charge in [-0.1, -0.05) is 6.42 Å². The van der Waals surface area contributed by atoms with Gasteiger partial charge < -0.3 is 0 Å². The second-order valence-electron chi connectivity index (χ2n) is 5.46. The van der Waals surface area contributed by atoms with Crippen LogP contribution >= 0.6 is 0 Å². The van der Waals surface area contributed by atoms with E-state index in [2.05, 4.69) is 15.8 Å². The van der Waals surface area contributed by atoms with E-state index in [1.54, 1.807) is 24.5 Å². The summed E-state index contributed by atoms with van der Waals surface area (Å²) in [7, 11) is 0. The van der Waals surface area contributed by atoms with Gasteiger partial charge in [-0.05, 0) is 43.2 Å². The SMILES string of the molecule is O=C(NNC(=O)[C@H]1C[C@@H]2CC[C@@H]1C2)c1ccncc1. The van der Waals surface area contributed by atoms with Crippen LogP contribution in [0.2, 0.25) is 0 Å². The van der Waals surface area contributed by atoms with Crippen molar-refractivity contribution in [3.8, 4) is 0 Å². The molecule has 3 atom stereocenters. The third-order valence-corrected chi connectivity index (χ3v) is 4.32. The van der Waals surface area contributed by atoms with Crippen molar-refractivity contribution in [3.63, 3.8) is 0 Å². The minimum atomic E-state index is -0.307. The zero-order valence-electron chi connectivity index (χ0n) is 10.6. The van der Waals surface area contributed by atoms with Gasteiger partial charge in [0.05, 0.1) is 0 Å². The number of fused-ring (bicyclic) bond motifs is 2. The number of hydrogen-bond donors (Lipinski definition) is 2. The minimum absolute atomic E-state index is 0.0467. The van der Waals surface area contributed by atoms with Crippen LogP contribution in [0.1, 0.15) is 36.0 Å². The van der Waals surface area contributed by atoms with Crippen LogP contribution in [0.4, 0.5) is 0 Å². The van der Waals surface area contributed by atoms with Gasteiger partial charge in [0.1, 0.15) is 0 Å². The molecule has 2 aliphatic carbocycles. The summed E-state index contributed by atoms with van der Waals surface area (Å²) in [6.45, 7) is 0. The standard InChI is InChI=1S/C14H17N3O2/c18-13(10-3-5-15-6-4-10)16-17-14(19)12-8-9-1-2-11(12)7-9/h3-6,9,11-12H,1-2,7-8H2,(H,16,18)(H,17,19)/t9-,11-,12+/m1/s1. The van der Waals surface area contributed by atoms with Crippen molar-refractivity contribution < 1.29 is 9.59 Å². The lowest BCUT2D eigenvalue weighted by Gasteiger charge is -2.20. The van der Waals surface area contributed by atoms with Crippen LogP contribution in [0.15, 0.2) is 24.5 Å². The Kier molecular flexibility index (Phi) is 3.19. The van der Waals surface area contributed by atoms with Gasteiger partial charge >= 0.3 is 0 Å². The third kappa shape index (κ3) is 2.45. The number of aromatic nitrogens is 1. The number of amides is 2. The van der Waals surface area contributed by atoms with Crippen LogP contribution < -0.4 is 10.9 Å². The van der Waals surface area contributed by atoms with Gasteiger partial charge in [0.25, 0.3) is 5.91 Å². The number of rotatable bonds is 2. The van der Waals surface area contributed by atoms with E-state index in [9.17, 15) is 9.59 Å². The molecule has 100 valence electrons. The highest BCUT2D eigenvalue weighted by molar-refractivity contribution is 5.95. The summed E-state index contributed by atoms with van der Waals surface area (Å²) in [6.07, 6.45) is 7.66. The van der Waals surface area contributed by atoms with E-state index >= 15 is 0 Å². The Balaban J connectivity index is 1.52. The van der Waals surface area contributed by atoms with Crippen molar-refractivity contribution >= 4 is 11.8 Å². The molecule has 2 fully saturated rings. The summed E-state index contributed by atoms with van der Waals surface area (Å²) < 4.78 is 0. The van der Waals surface area contributed by atoms with E-state index in [1.807, 2.05) is 0 Å². The van der Waals surface area contributed by atoms with Crippen molar-refractivity contribution in [1.82, 2.24) is 15.8 Å². The third-order valence-electron chi connectivity index (χ3n) is 4.32. The van der Waals surface area contributed by atoms with E-state index in [1.165, 1.54) is 12.8 Å². The number of nitrogens with zero attached hydrogens (tertiary/aromatic N) is 1. The lowest BCUT2D eigenvalue weighted by Crippen LogP contribution is -2.45. The van der Waals surface area contributed by atoms with Gasteiger partial charge in [-0.25, -0.2) is 0 Å². The predicted octanol–water partition coefficient (Wildman–Crippen LogP) is 1.28. The molecule has 5 nitrogen and oxygen atoms in total. The number of carbonyl (C=O) groups is 2. The van der Waals surface area contributed by atoms with Gasteiger partial charge in [0.2, 0.25) is 5.91 Å². The first kappa shape index (κ1) is 12.1. The molecule has 2 saturated carbocycles. The molecule has 3 rings (SSSR count). The molecule has 0 aliphatic heterocycles. The Bertz CT molecular complexity index is 489. The first-order valence-electron chi connectivity index (χ1n) is 6.74. The topological polar surface area (TPSA) is 71.1 Å². The molecule has 1 heterocycles. The summed E-state index contributed by atoms with van der Waals surface area (Å²) in [5, 5.41) is 0. The smallest absolute Gasteiger partial charge is 0.269 e. The lowest BCUT2D eigenvalue weighted by atomic mass is 9.88. The number of carbonyl (C=O) groups excluding carboxylic acids is 2. The second kappa shape index (κ2) is 4.99. The van der Waals surface area contributed by atoms with Crippen LogP contribution in [-0.4, -0.2) is 16.8 Å². The zero-order chi connectivity index (χ0) is 13.2. The molecule has 0 radical (unpaired) electrons. The number of nitrogens with one attached hydrogen (secondary N) is 2. The van der Waals surface area contributed by atoms with Crippen molar-refractivity contribution in [1.29, 1.82) is 0 Å². The van der Waals surface area contributed by atoms with E-state index in [-0.39, 0.29) is 17.7 Å². The average Bonchev–Trinajstić information content (AvgIpc) is 3.08. The van der Waals surface area contributed by atoms with Gasteiger partial charge in [0.15, 0.2) is 0 Å². The van der Waals surface area contributed by atoms with E-state index in [0.29, 0.717) is 11.5 Å². The first-order chi connectivity index (χ1) is 9.24. The summed E-state index contributed by atoms with van der Waals surface area (Å²) in [6, 6.07) is 3.22. The molecule has 5 heteroatoms. The fourth-order valence-corrected chi connectivity index (χ4v) is 3.35. The second-order valence-corrected chi connectivity index (χ2v) is 5.46. The molecule has 0 unspecified atom stereocenters. The summed E-state index contributed by atoms with van der Waals surface area (Å²) >= 11 is 0. The Morgan fingerprint density at radius 2 is 1.89 bits per heavy atom. The zero-order valence-corrected chi connectivity index (χ0v) is 10.6. The van der Waals surface area contributed by atoms with Gasteiger partial charge in [-0.2, -0.15) is 0 Å². The molecular formula is C14H17N3O2. The maximum absolute atomic E-state index is 12.0. The van der Waals surface area contributed by atoms with Crippen LogP contribution in [0.3, 0.4) is 0 Å². The molecule has 19 heavy (non-hydrogen) atoms. The van der Waals surface area contributed by atoms with Crippen molar-refractivity contribution in [2.24, 2.45) is 17.8 Å². The summed E-state index contributed by atoms with van der Waals surface area (Å²) in [5.41, 5.74) is 5.51. The Hall–Kier alpha value is -1.91. The normalized spacial score (nSPS) is 28.1. The van der Waals surface area contributed by atoms with Crippen LogP contribution in [0.5, 0.6) is 0 Å². The molecule has 2 amide bonds. The molecule has 0 saturated heterocycles. The molecule has 2 bridgehead atoms. The van der Waals surface area contributed by atoms with Crippen LogP contribution in [0, 0.1) is 17.8 Å². The summed E-state index contributed by atoms with van der Waals surface area (Å²) in [4.78, 5) is 27.6. The first-order valence-corrected chi connectivity index (χ1v) is 6.74. The number of hydrazine groups is 1. The molecule has 0 aromatic carbocycles. The molecule has 1 aromatic heterocycles. The number of pyridine rings is 1. The highest BCUT2D eigenvalue weighted by Gasteiger charge is 2.43. The molecular weight excluding hydrogens is 242 g/mol. The monoisotopic (exact) mass is 259 g/mol. The highest BCUT2D eigenvalue weighted by atomic mass is 16.2. The molecule has 2 N–H and O–H groups in total. The highest BCUT2D eigenvalue weighted by Crippen LogP contribution is 2.48. The van der Waals surface area contributed by atoms with E-state index < -0.39 is 0 Å². The molecule has 1 aromatic rings. The van der Waals surface area contributed by atoms with Gasteiger partial charge in [-0.15, -0.1) is 0 Å². The lowest BCUT2D eigenvalue weighted by molar-refractivity contribution is -0.127. The quantitative estimate of drug-likeness (QED) is 0.786. The maximum Gasteiger partial charge on any atom is 0.269 e. The largest absolute Gasteiger partial charge is 0.273 e. The fourth-order valence-electron chi connectivity index (χ4n) is 3.35. The molecule has 2 aliphatic rings. The van der Waals surface area contributed by atoms with E-state index in [0.717, 1.165) is 18.8 Å². The maximum atomic E-state index is 12.0. The Morgan fingerprint density at radius 1 is 1.11 bits per heavy atom.